The average molecular weight is 275 g/mol. The molecule has 1 unspecified atom stereocenters. The van der Waals surface area contributed by atoms with Crippen molar-refractivity contribution in [2.45, 2.75) is 37.8 Å². The Morgan fingerprint density at radius 1 is 1.21 bits per heavy atom. The van der Waals surface area contributed by atoms with Gasteiger partial charge in [-0.2, -0.15) is 5.10 Å². The minimum atomic E-state index is -0.0914. The summed E-state index contributed by atoms with van der Waals surface area (Å²) in [6.07, 6.45) is 5.00. The molecule has 1 aromatic heterocycles. The van der Waals surface area contributed by atoms with Gasteiger partial charge >= 0.3 is 0 Å². The number of aromatic nitrogens is 2. The number of rotatable bonds is 6. The molecule has 2 rings (SSSR count). The van der Waals surface area contributed by atoms with Crippen LogP contribution in [0.3, 0.4) is 0 Å². The minimum Gasteiger partial charge on any atom is -0.320 e. The number of benzene rings is 1. The van der Waals surface area contributed by atoms with Crippen LogP contribution in [0, 0.1) is 0 Å². The highest BCUT2D eigenvalue weighted by Gasteiger charge is 2.11. The molecular formula is C15H21N3S. The molecule has 0 radical (unpaired) electrons. The molecule has 0 spiro atoms. The fourth-order valence-electron chi connectivity index (χ4n) is 2.02. The van der Waals surface area contributed by atoms with E-state index in [1.165, 1.54) is 4.90 Å². The van der Waals surface area contributed by atoms with Crippen LogP contribution in [0.2, 0.25) is 0 Å². The minimum absolute atomic E-state index is 0.0914. The third-order valence-electron chi connectivity index (χ3n) is 3.02. The molecule has 3 nitrogen and oxygen atoms in total. The van der Waals surface area contributed by atoms with E-state index in [0.29, 0.717) is 0 Å². The second-order valence-corrected chi connectivity index (χ2v) is 5.85. The van der Waals surface area contributed by atoms with Crippen LogP contribution < -0.4 is 5.73 Å². The number of nitrogens with two attached hydrogens (primary N) is 1. The van der Waals surface area contributed by atoms with Crippen molar-refractivity contribution in [3.63, 3.8) is 0 Å². The zero-order chi connectivity index (χ0) is 13.7. The maximum Gasteiger partial charge on any atom is 0.0582 e. The van der Waals surface area contributed by atoms with Crippen molar-refractivity contribution in [2.24, 2.45) is 5.73 Å². The highest BCUT2D eigenvalue weighted by molar-refractivity contribution is 7.99. The number of nitrogens with zero attached hydrogens (tertiary/aromatic N) is 2. The lowest BCUT2D eigenvalue weighted by Gasteiger charge is -2.10. The molecule has 19 heavy (non-hydrogen) atoms. The van der Waals surface area contributed by atoms with Crippen molar-refractivity contribution in [3.8, 4) is 0 Å². The number of thioether (sulfide) groups is 1. The molecule has 0 saturated carbocycles. The van der Waals surface area contributed by atoms with E-state index in [1.807, 2.05) is 28.8 Å². The summed E-state index contributed by atoms with van der Waals surface area (Å²) in [6, 6.07) is 8.41. The van der Waals surface area contributed by atoms with Crippen molar-refractivity contribution in [1.82, 2.24) is 9.78 Å². The Morgan fingerprint density at radius 2 is 1.95 bits per heavy atom. The van der Waals surface area contributed by atoms with Crippen LogP contribution in [0.25, 0.3) is 0 Å². The molecule has 1 atom stereocenters. The molecule has 0 aliphatic rings. The van der Waals surface area contributed by atoms with Gasteiger partial charge in [0.1, 0.15) is 0 Å². The first-order chi connectivity index (χ1) is 9.24. The molecule has 1 heterocycles. The van der Waals surface area contributed by atoms with Crippen molar-refractivity contribution >= 4 is 11.8 Å². The zero-order valence-corrected chi connectivity index (χ0v) is 12.4. The summed E-state index contributed by atoms with van der Waals surface area (Å²) in [4.78, 5) is 1.29. The summed E-state index contributed by atoms with van der Waals surface area (Å²) in [7, 11) is 0. The van der Waals surface area contributed by atoms with Gasteiger partial charge < -0.3 is 5.73 Å². The van der Waals surface area contributed by atoms with E-state index in [-0.39, 0.29) is 6.04 Å². The summed E-state index contributed by atoms with van der Waals surface area (Å²) in [5, 5.41) is 4.33. The van der Waals surface area contributed by atoms with Crippen molar-refractivity contribution in [2.75, 3.05) is 5.75 Å². The van der Waals surface area contributed by atoms with Crippen LogP contribution in [0.5, 0.6) is 0 Å². The third-order valence-corrected chi connectivity index (χ3v) is 3.91. The van der Waals surface area contributed by atoms with Crippen molar-refractivity contribution in [1.29, 1.82) is 0 Å². The van der Waals surface area contributed by atoms with Gasteiger partial charge in [0, 0.05) is 23.2 Å². The maximum atomic E-state index is 6.29. The van der Waals surface area contributed by atoms with Crippen LogP contribution in [0.15, 0.2) is 41.6 Å². The lowest BCUT2D eigenvalue weighted by Crippen LogP contribution is -2.11. The quantitative estimate of drug-likeness (QED) is 0.821. The summed E-state index contributed by atoms with van der Waals surface area (Å²) in [5.74, 6) is 1.09. The third kappa shape index (κ3) is 3.61. The Bertz CT molecular complexity index is 504. The summed E-state index contributed by atoms with van der Waals surface area (Å²) < 4.78 is 1.95. The molecule has 0 bridgehead atoms. The lowest BCUT2D eigenvalue weighted by atomic mass is 10.0. The molecule has 1 aromatic carbocycles. The molecule has 0 amide bonds. The van der Waals surface area contributed by atoms with Crippen LogP contribution in [-0.2, 0) is 6.54 Å². The van der Waals surface area contributed by atoms with Crippen LogP contribution in [-0.4, -0.2) is 15.5 Å². The molecule has 2 N–H and O–H groups in total. The maximum absolute atomic E-state index is 6.29. The second-order valence-electron chi connectivity index (χ2n) is 4.52. The van der Waals surface area contributed by atoms with Gasteiger partial charge in [-0.05, 0) is 29.9 Å². The van der Waals surface area contributed by atoms with Gasteiger partial charge in [-0.15, -0.1) is 11.8 Å². The topological polar surface area (TPSA) is 43.8 Å². The van der Waals surface area contributed by atoms with E-state index in [2.05, 4.69) is 43.2 Å². The fourth-order valence-corrected chi connectivity index (χ4v) is 2.68. The molecule has 102 valence electrons. The van der Waals surface area contributed by atoms with Gasteiger partial charge in [0.05, 0.1) is 12.2 Å². The van der Waals surface area contributed by atoms with E-state index in [9.17, 15) is 0 Å². The zero-order valence-electron chi connectivity index (χ0n) is 11.5. The van der Waals surface area contributed by atoms with Gasteiger partial charge in [0.2, 0.25) is 0 Å². The molecular weight excluding hydrogens is 254 g/mol. The normalized spacial score (nSPS) is 12.6. The Balaban J connectivity index is 2.11. The van der Waals surface area contributed by atoms with Gasteiger partial charge in [-0.1, -0.05) is 26.0 Å². The van der Waals surface area contributed by atoms with Crippen LogP contribution >= 0.6 is 11.8 Å². The standard InChI is InChI=1S/C15H21N3S/c1-3-9-18-11-13(10-17-18)15(16)12-5-7-14(8-6-12)19-4-2/h5-8,10-11,15H,3-4,9,16H2,1-2H3. The van der Waals surface area contributed by atoms with E-state index < -0.39 is 0 Å². The van der Waals surface area contributed by atoms with Gasteiger partial charge in [0.25, 0.3) is 0 Å². The summed E-state index contributed by atoms with van der Waals surface area (Å²) >= 11 is 1.84. The highest BCUT2D eigenvalue weighted by atomic mass is 32.2. The van der Waals surface area contributed by atoms with Crippen LogP contribution in [0.1, 0.15) is 37.4 Å². The first-order valence-electron chi connectivity index (χ1n) is 6.75. The number of hydrogen-bond acceptors (Lipinski definition) is 3. The molecule has 0 aliphatic heterocycles. The SMILES string of the molecule is CCCn1cc(C(N)c2ccc(SCC)cc2)cn1. The molecule has 0 aliphatic carbocycles. The van der Waals surface area contributed by atoms with E-state index >= 15 is 0 Å². The van der Waals surface area contributed by atoms with Gasteiger partial charge in [-0.25, -0.2) is 0 Å². The van der Waals surface area contributed by atoms with E-state index in [0.717, 1.165) is 29.8 Å². The van der Waals surface area contributed by atoms with Crippen molar-refractivity contribution < 1.29 is 0 Å². The van der Waals surface area contributed by atoms with Crippen LogP contribution in [0.4, 0.5) is 0 Å². The molecule has 0 fully saturated rings. The van der Waals surface area contributed by atoms with Gasteiger partial charge in [0.15, 0.2) is 0 Å². The first kappa shape index (κ1) is 14.2. The van der Waals surface area contributed by atoms with Gasteiger partial charge in [-0.3, -0.25) is 4.68 Å². The highest BCUT2D eigenvalue weighted by Crippen LogP contribution is 2.23. The molecule has 4 heteroatoms. The lowest BCUT2D eigenvalue weighted by molar-refractivity contribution is 0.602. The number of aryl methyl sites for hydroxylation is 1. The summed E-state index contributed by atoms with van der Waals surface area (Å²) in [5.41, 5.74) is 8.50. The average Bonchev–Trinajstić information content (AvgIpc) is 2.88. The first-order valence-corrected chi connectivity index (χ1v) is 7.73. The van der Waals surface area contributed by atoms with Crippen molar-refractivity contribution in [3.05, 3.63) is 47.8 Å². The Hall–Kier alpha value is -1.26. The molecule has 0 saturated heterocycles. The Kier molecular flexibility index (Phi) is 5.05. The largest absolute Gasteiger partial charge is 0.320 e. The second kappa shape index (κ2) is 6.78. The Labute approximate surface area is 119 Å². The molecule has 2 aromatic rings. The summed E-state index contributed by atoms with van der Waals surface area (Å²) in [6.45, 7) is 5.25. The monoisotopic (exact) mass is 275 g/mol. The van der Waals surface area contributed by atoms with E-state index in [4.69, 9.17) is 5.73 Å². The fraction of sp³-hybridized carbons (Fsp3) is 0.400. The number of hydrogen-bond donors (Lipinski definition) is 1. The Morgan fingerprint density at radius 3 is 2.58 bits per heavy atom. The predicted octanol–water partition coefficient (Wildman–Crippen LogP) is 3.45. The predicted molar refractivity (Wildman–Crippen MR) is 81.4 cm³/mol. The van der Waals surface area contributed by atoms with E-state index in [1.54, 1.807) is 0 Å². The smallest absolute Gasteiger partial charge is 0.0582 e.